The summed E-state index contributed by atoms with van der Waals surface area (Å²) in [4.78, 5) is 0. The first-order valence-electron chi connectivity index (χ1n) is 6.77. The van der Waals surface area contributed by atoms with Gasteiger partial charge in [0.05, 0.1) is 12.7 Å². The Morgan fingerprint density at radius 3 is 2.45 bits per heavy atom. The van der Waals surface area contributed by atoms with Gasteiger partial charge >= 0.3 is 6.18 Å². The Labute approximate surface area is 126 Å². The molecule has 1 radical (unpaired) electrons. The predicted octanol–water partition coefficient (Wildman–Crippen LogP) is 4.52. The standard InChI is InChI=1S/C17H14F3O2/c1-10-7-12-8-13(17(18,19)20)9-15(16(12)22-10)11-3-5-14(21-2)6-4-11/h3-6,8-10H,1,7H2,2H3. The molecule has 0 saturated heterocycles. The van der Waals surface area contributed by atoms with Crippen LogP contribution in [0, 0.1) is 6.92 Å². The average molecular weight is 307 g/mol. The second-order valence-corrected chi connectivity index (χ2v) is 5.18. The highest BCUT2D eigenvalue weighted by atomic mass is 19.4. The van der Waals surface area contributed by atoms with Crippen molar-refractivity contribution in [1.29, 1.82) is 0 Å². The first kappa shape index (κ1) is 14.8. The van der Waals surface area contributed by atoms with Crippen LogP contribution >= 0.6 is 0 Å². The van der Waals surface area contributed by atoms with Crippen molar-refractivity contribution < 1.29 is 22.6 Å². The Morgan fingerprint density at radius 2 is 1.86 bits per heavy atom. The zero-order chi connectivity index (χ0) is 15.9. The van der Waals surface area contributed by atoms with Gasteiger partial charge in [-0.2, -0.15) is 13.2 Å². The second-order valence-electron chi connectivity index (χ2n) is 5.18. The van der Waals surface area contributed by atoms with Crippen molar-refractivity contribution in [3.05, 3.63) is 54.4 Å². The lowest BCUT2D eigenvalue weighted by Gasteiger charge is -2.14. The lowest BCUT2D eigenvalue weighted by atomic mass is 9.97. The van der Waals surface area contributed by atoms with Gasteiger partial charge in [-0.25, -0.2) is 0 Å². The number of ether oxygens (including phenoxy) is 2. The van der Waals surface area contributed by atoms with Gasteiger partial charge in [0.1, 0.15) is 17.6 Å². The van der Waals surface area contributed by atoms with Crippen LogP contribution in [0.4, 0.5) is 13.2 Å². The SMILES string of the molecule is [CH2]C1Cc2cc(C(F)(F)F)cc(-c3ccc(OC)cc3)c2O1. The summed E-state index contributed by atoms with van der Waals surface area (Å²) in [6, 6.07) is 9.12. The van der Waals surface area contributed by atoms with Gasteiger partial charge in [-0.1, -0.05) is 12.1 Å². The number of methoxy groups -OCH3 is 1. The number of fused-ring (bicyclic) bond motifs is 1. The van der Waals surface area contributed by atoms with Gasteiger partial charge < -0.3 is 9.47 Å². The molecule has 0 aromatic heterocycles. The first-order valence-corrected chi connectivity index (χ1v) is 6.77. The van der Waals surface area contributed by atoms with Crippen LogP contribution < -0.4 is 9.47 Å². The Morgan fingerprint density at radius 1 is 1.18 bits per heavy atom. The maximum atomic E-state index is 13.1. The molecule has 2 aromatic rings. The van der Waals surface area contributed by atoms with Crippen LogP contribution in [0.2, 0.25) is 0 Å². The van der Waals surface area contributed by atoms with Crippen molar-refractivity contribution in [3.63, 3.8) is 0 Å². The number of hydrogen-bond donors (Lipinski definition) is 0. The molecule has 1 aliphatic rings. The maximum absolute atomic E-state index is 13.1. The summed E-state index contributed by atoms with van der Waals surface area (Å²) in [6.07, 6.45) is -4.38. The van der Waals surface area contributed by atoms with Crippen LogP contribution in [-0.4, -0.2) is 13.2 Å². The quantitative estimate of drug-likeness (QED) is 0.812. The van der Waals surface area contributed by atoms with Crippen molar-refractivity contribution in [1.82, 2.24) is 0 Å². The van der Waals surface area contributed by atoms with Crippen LogP contribution in [0.5, 0.6) is 11.5 Å². The van der Waals surface area contributed by atoms with Crippen LogP contribution in [-0.2, 0) is 12.6 Å². The fourth-order valence-corrected chi connectivity index (χ4v) is 2.58. The molecule has 0 amide bonds. The Hall–Kier alpha value is -2.17. The van der Waals surface area contributed by atoms with Crippen molar-refractivity contribution >= 4 is 0 Å². The Balaban J connectivity index is 2.14. The first-order chi connectivity index (χ1) is 10.4. The molecule has 1 aliphatic heterocycles. The molecule has 0 spiro atoms. The summed E-state index contributed by atoms with van der Waals surface area (Å²) in [7, 11) is 1.54. The summed E-state index contributed by atoms with van der Waals surface area (Å²) in [5.41, 5.74) is 0.950. The molecule has 0 bridgehead atoms. The molecule has 1 unspecified atom stereocenters. The third-order valence-corrected chi connectivity index (χ3v) is 3.63. The lowest BCUT2D eigenvalue weighted by Crippen LogP contribution is -2.06. The maximum Gasteiger partial charge on any atom is 0.416 e. The molecule has 3 rings (SSSR count). The molecule has 2 nitrogen and oxygen atoms in total. The van der Waals surface area contributed by atoms with E-state index in [0.717, 1.165) is 12.1 Å². The second kappa shape index (κ2) is 5.23. The summed E-state index contributed by atoms with van der Waals surface area (Å²) in [5, 5.41) is 0. The molecule has 0 aliphatic carbocycles. The summed E-state index contributed by atoms with van der Waals surface area (Å²) >= 11 is 0. The minimum absolute atomic E-state index is 0.365. The van der Waals surface area contributed by atoms with Crippen molar-refractivity contribution in [2.45, 2.75) is 18.7 Å². The van der Waals surface area contributed by atoms with E-state index in [1.165, 1.54) is 7.11 Å². The number of benzene rings is 2. The van der Waals surface area contributed by atoms with Crippen LogP contribution in [0.25, 0.3) is 11.1 Å². The molecule has 0 N–H and O–H groups in total. The van der Waals surface area contributed by atoms with Gasteiger partial charge in [0.2, 0.25) is 0 Å². The summed E-state index contributed by atoms with van der Waals surface area (Å²) in [5.74, 6) is 1.13. The molecular formula is C17H14F3O2. The van der Waals surface area contributed by atoms with E-state index in [1.54, 1.807) is 24.3 Å². The zero-order valence-corrected chi connectivity index (χ0v) is 11.9. The smallest absolute Gasteiger partial charge is 0.416 e. The van der Waals surface area contributed by atoms with E-state index < -0.39 is 11.7 Å². The van der Waals surface area contributed by atoms with Gasteiger partial charge in [0.25, 0.3) is 0 Å². The van der Waals surface area contributed by atoms with Gasteiger partial charge in [-0.15, -0.1) is 0 Å². The van der Waals surface area contributed by atoms with Crippen molar-refractivity contribution in [2.24, 2.45) is 0 Å². The van der Waals surface area contributed by atoms with E-state index in [-0.39, 0.29) is 6.10 Å². The number of rotatable bonds is 2. The number of hydrogen-bond acceptors (Lipinski definition) is 2. The van der Waals surface area contributed by atoms with Gasteiger partial charge in [0, 0.05) is 12.0 Å². The van der Waals surface area contributed by atoms with Crippen molar-refractivity contribution in [2.75, 3.05) is 7.11 Å². The highest BCUT2D eigenvalue weighted by molar-refractivity contribution is 5.74. The third kappa shape index (κ3) is 2.63. The highest BCUT2D eigenvalue weighted by Crippen LogP contribution is 2.43. The fourth-order valence-electron chi connectivity index (χ4n) is 2.58. The van der Waals surface area contributed by atoms with E-state index >= 15 is 0 Å². The molecule has 115 valence electrons. The van der Waals surface area contributed by atoms with E-state index in [4.69, 9.17) is 9.47 Å². The van der Waals surface area contributed by atoms with Crippen LogP contribution in [0.1, 0.15) is 11.1 Å². The topological polar surface area (TPSA) is 18.5 Å². The average Bonchev–Trinajstić information content (AvgIpc) is 2.85. The monoisotopic (exact) mass is 307 g/mol. The van der Waals surface area contributed by atoms with Crippen molar-refractivity contribution in [3.8, 4) is 22.6 Å². The number of alkyl halides is 3. The summed E-state index contributed by atoms with van der Waals surface area (Å²) < 4.78 is 50.0. The molecule has 22 heavy (non-hydrogen) atoms. The zero-order valence-electron chi connectivity index (χ0n) is 11.9. The van der Waals surface area contributed by atoms with Crippen LogP contribution in [0.15, 0.2) is 36.4 Å². The van der Waals surface area contributed by atoms with E-state index in [1.807, 2.05) is 0 Å². The lowest BCUT2D eigenvalue weighted by molar-refractivity contribution is -0.137. The molecule has 0 saturated carbocycles. The minimum Gasteiger partial charge on any atom is -0.497 e. The van der Waals surface area contributed by atoms with Crippen LogP contribution in [0.3, 0.4) is 0 Å². The molecular weight excluding hydrogens is 293 g/mol. The molecule has 5 heteroatoms. The Kier molecular flexibility index (Phi) is 3.51. The summed E-state index contributed by atoms with van der Waals surface area (Å²) in [6.45, 7) is 3.78. The Bertz CT molecular complexity index is 690. The normalized spacial score (nSPS) is 17.0. The molecule has 0 fully saturated rings. The predicted molar refractivity (Wildman–Crippen MR) is 76.9 cm³/mol. The largest absolute Gasteiger partial charge is 0.497 e. The van der Waals surface area contributed by atoms with E-state index in [9.17, 15) is 13.2 Å². The van der Waals surface area contributed by atoms with E-state index in [2.05, 4.69) is 6.92 Å². The molecule has 1 atom stereocenters. The highest BCUT2D eigenvalue weighted by Gasteiger charge is 2.34. The van der Waals surface area contributed by atoms with Gasteiger partial charge in [0.15, 0.2) is 0 Å². The van der Waals surface area contributed by atoms with E-state index in [0.29, 0.717) is 34.6 Å². The fraction of sp³-hybridized carbons (Fsp3) is 0.235. The molecule has 1 heterocycles. The van der Waals surface area contributed by atoms with Gasteiger partial charge in [-0.3, -0.25) is 0 Å². The third-order valence-electron chi connectivity index (χ3n) is 3.63. The molecule has 2 aromatic carbocycles. The minimum atomic E-state index is -4.39. The van der Waals surface area contributed by atoms with Gasteiger partial charge in [-0.05, 0) is 42.3 Å². The number of halogens is 3.